The van der Waals surface area contributed by atoms with Crippen LogP contribution in [0.15, 0.2) is 64.3 Å². The van der Waals surface area contributed by atoms with Crippen molar-refractivity contribution in [2.75, 3.05) is 13.2 Å². The van der Waals surface area contributed by atoms with E-state index in [2.05, 4.69) is 10.1 Å². The summed E-state index contributed by atoms with van der Waals surface area (Å²) in [6.07, 6.45) is -3.06. The van der Waals surface area contributed by atoms with Gasteiger partial charge in [0.2, 0.25) is 0 Å². The molecule has 2 heterocycles. The predicted octanol–water partition coefficient (Wildman–Crippen LogP) is 2.62. The minimum atomic E-state index is -3.94. The highest BCUT2D eigenvalue weighted by atomic mass is 31.2. The third kappa shape index (κ3) is 6.79. The number of aromatic nitrogens is 2. The Morgan fingerprint density at radius 2 is 2.00 bits per heavy atom. The maximum atomic E-state index is 14.7. The van der Waals surface area contributed by atoms with E-state index in [-0.39, 0.29) is 19.1 Å². The molecule has 3 N–H and O–H groups in total. The number of halogens is 1. The quantitative estimate of drug-likeness (QED) is 0.263. The predicted molar refractivity (Wildman–Crippen MR) is 134 cm³/mol. The fourth-order valence-corrected chi connectivity index (χ4v) is 5.18. The number of carbonyl (C=O) groups excluding carboxylic acids is 1. The molecule has 1 aromatic heterocycles. The summed E-state index contributed by atoms with van der Waals surface area (Å²) in [4.78, 5) is 48.8. The lowest BCUT2D eigenvalue weighted by Gasteiger charge is -2.20. The Hall–Kier alpha value is -3.15. The van der Waals surface area contributed by atoms with Gasteiger partial charge in [-0.15, -0.1) is 0 Å². The van der Waals surface area contributed by atoms with Crippen LogP contribution in [-0.4, -0.2) is 51.9 Å². The standard InChI is InChI=1S/C24H27FN3O8P/c1-15(2)34-22(30)13-26-37(32,36-20-9-5-7-16-6-3-4-8-18(16)20)33-14-17-12-19(25)23(35-17)28-11-10-21(29)27-24(28)31/h3-11,15,17,19,23,26,32H,12-14H2,1-2H3/p+1. The van der Waals surface area contributed by atoms with Crippen molar-refractivity contribution < 1.29 is 32.6 Å². The molecule has 198 valence electrons. The van der Waals surface area contributed by atoms with Crippen molar-refractivity contribution in [2.45, 2.75) is 44.9 Å². The van der Waals surface area contributed by atoms with Crippen LogP contribution in [0.3, 0.4) is 0 Å². The lowest BCUT2D eigenvalue weighted by molar-refractivity contribution is -0.146. The van der Waals surface area contributed by atoms with Crippen LogP contribution in [0, 0.1) is 0 Å². The summed E-state index contributed by atoms with van der Waals surface area (Å²) < 4.78 is 38.0. The number of nitrogens with one attached hydrogen (secondary N) is 2. The zero-order valence-electron chi connectivity index (χ0n) is 20.2. The Kier molecular flexibility index (Phi) is 8.35. The van der Waals surface area contributed by atoms with Crippen molar-refractivity contribution in [1.82, 2.24) is 14.6 Å². The van der Waals surface area contributed by atoms with Crippen molar-refractivity contribution in [2.24, 2.45) is 0 Å². The van der Waals surface area contributed by atoms with E-state index >= 15 is 0 Å². The van der Waals surface area contributed by atoms with E-state index in [4.69, 9.17) is 18.5 Å². The van der Waals surface area contributed by atoms with Crippen LogP contribution in [0.25, 0.3) is 10.8 Å². The molecule has 0 aliphatic carbocycles. The molecule has 0 bridgehead atoms. The van der Waals surface area contributed by atoms with E-state index in [0.717, 1.165) is 22.2 Å². The van der Waals surface area contributed by atoms with Crippen LogP contribution in [-0.2, 0) is 18.8 Å². The van der Waals surface area contributed by atoms with Crippen molar-refractivity contribution in [3.8, 4) is 5.75 Å². The van der Waals surface area contributed by atoms with Gasteiger partial charge in [0.25, 0.3) is 5.56 Å². The average Bonchev–Trinajstić information content (AvgIpc) is 3.22. The van der Waals surface area contributed by atoms with Gasteiger partial charge in [0.15, 0.2) is 12.0 Å². The summed E-state index contributed by atoms with van der Waals surface area (Å²) in [5.41, 5.74) is -1.42. The minimum absolute atomic E-state index is 0.139. The van der Waals surface area contributed by atoms with E-state index < -0.39 is 50.4 Å². The maximum absolute atomic E-state index is 14.7. The van der Waals surface area contributed by atoms with Gasteiger partial charge >= 0.3 is 19.8 Å². The number of esters is 1. The molecule has 0 amide bonds. The smallest absolute Gasteiger partial charge is 0.462 e. The molecule has 11 nitrogen and oxygen atoms in total. The number of rotatable bonds is 10. The first-order valence-electron chi connectivity index (χ1n) is 11.6. The molecule has 1 aliphatic rings. The van der Waals surface area contributed by atoms with Crippen molar-refractivity contribution in [3.63, 3.8) is 0 Å². The number of carbonyl (C=O) groups is 1. The molecule has 3 aromatic rings. The van der Waals surface area contributed by atoms with Gasteiger partial charge in [-0.2, -0.15) is 9.42 Å². The van der Waals surface area contributed by atoms with E-state index in [1.165, 1.54) is 0 Å². The SMILES string of the molecule is CC(C)OC(=O)CN[P+](O)(OCC1CC(F)C(n2ccc(=O)[nH]c2=O)O1)Oc1cccc2ccccc12. The molecule has 4 rings (SSSR count). The number of hydrogen-bond acceptors (Lipinski definition) is 9. The van der Waals surface area contributed by atoms with Crippen molar-refractivity contribution in [1.29, 1.82) is 0 Å². The van der Waals surface area contributed by atoms with E-state index in [1.807, 2.05) is 30.3 Å². The van der Waals surface area contributed by atoms with Crippen LogP contribution in [0.2, 0.25) is 0 Å². The zero-order chi connectivity index (χ0) is 26.6. The van der Waals surface area contributed by atoms with Crippen molar-refractivity contribution >= 4 is 24.8 Å². The summed E-state index contributed by atoms with van der Waals surface area (Å²) in [5, 5.41) is 4.18. The van der Waals surface area contributed by atoms with Crippen LogP contribution in [0.4, 0.5) is 4.39 Å². The molecule has 2 aromatic carbocycles. The summed E-state index contributed by atoms with van der Waals surface area (Å²) in [7, 11) is -3.94. The number of benzene rings is 2. The van der Waals surface area contributed by atoms with Gasteiger partial charge in [0.05, 0.1) is 12.2 Å². The first-order chi connectivity index (χ1) is 17.6. The highest BCUT2D eigenvalue weighted by Gasteiger charge is 2.47. The van der Waals surface area contributed by atoms with Gasteiger partial charge in [0, 0.05) is 24.1 Å². The first kappa shape index (κ1) is 26.9. The summed E-state index contributed by atoms with van der Waals surface area (Å²) in [6, 6.07) is 13.7. The minimum Gasteiger partial charge on any atom is -0.462 e. The molecule has 0 spiro atoms. The number of alkyl halides is 1. The second-order valence-electron chi connectivity index (χ2n) is 8.68. The number of H-pyrrole nitrogens is 1. The maximum Gasteiger partial charge on any atom is 0.544 e. The fourth-order valence-electron chi connectivity index (χ4n) is 3.85. The van der Waals surface area contributed by atoms with Crippen LogP contribution < -0.4 is 20.9 Å². The summed E-state index contributed by atoms with van der Waals surface area (Å²) in [6.45, 7) is 2.67. The number of hydrogen-bond donors (Lipinski definition) is 3. The molecule has 1 aliphatic heterocycles. The number of fused-ring (bicyclic) bond motifs is 1. The van der Waals surface area contributed by atoms with Gasteiger partial charge in [0.1, 0.15) is 19.3 Å². The fraction of sp³-hybridized carbons (Fsp3) is 0.375. The second kappa shape index (κ2) is 11.5. The highest BCUT2D eigenvalue weighted by molar-refractivity contribution is 7.58. The van der Waals surface area contributed by atoms with E-state index in [9.17, 15) is 23.7 Å². The van der Waals surface area contributed by atoms with E-state index in [1.54, 1.807) is 26.0 Å². The van der Waals surface area contributed by atoms with Crippen LogP contribution in [0.1, 0.15) is 26.5 Å². The molecule has 0 radical (unpaired) electrons. The summed E-state index contributed by atoms with van der Waals surface area (Å²) in [5.74, 6) is -0.316. The molecule has 1 saturated heterocycles. The van der Waals surface area contributed by atoms with E-state index in [0.29, 0.717) is 11.1 Å². The van der Waals surface area contributed by atoms with Gasteiger partial charge in [-0.3, -0.25) is 23.7 Å². The highest BCUT2D eigenvalue weighted by Crippen LogP contribution is 2.54. The first-order valence-corrected chi connectivity index (χ1v) is 13.2. The van der Waals surface area contributed by atoms with Crippen LogP contribution >= 0.6 is 8.09 Å². The number of nitrogens with zero attached hydrogens (tertiary/aromatic N) is 1. The van der Waals surface area contributed by atoms with Gasteiger partial charge in [-0.1, -0.05) is 41.5 Å². The third-order valence-corrected chi connectivity index (χ3v) is 6.95. The zero-order valence-corrected chi connectivity index (χ0v) is 21.1. The van der Waals surface area contributed by atoms with Gasteiger partial charge < -0.3 is 9.47 Å². The Labute approximate surface area is 211 Å². The topological polar surface area (TPSA) is 141 Å². The molecule has 37 heavy (non-hydrogen) atoms. The molecule has 13 heteroatoms. The molecule has 4 atom stereocenters. The molecule has 1 fully saturated rings. The largest absolute Gasteiger partial charge is 0.544 e. The molecule has 0 saturated carbocycles. The normalized spacial score (nSPS) is 21.2. The van der Waals surface area contributed by atoms with Gasteiger partial charge in [-0.05, 0) is 25.3 Å². The average molecular weight is 536 g/mol. The monoisotopic (exact) mass is 536 g/mol. The Balaban J connectivity index is 1.49. The summed E-state index contributed by atoms with van der Waals surface area (Å²) >= 11 is 0. The number of aromatic amines is 1. The Bertz CT molecular complexity index is 1360. The molecular formula is C24H28FN3O8P+. The Morgan fingerprint density at radius 1 is 1.24 bits per heavy atom. The third-order valence-electron chi connectivity index (χ3n) is 5.45. The lowest BCUT2D eigenvalue weighted by Crippen LogP contribution is -2.34. The van der Waals surface area contributed by atoms with Crippen LogP contribution in [0.5, 0.6) is 5.75 Å². The van der Waals surface area contributed by atoms with Crippen molar-refractivity contribution in [3.05, 3.63) is 75.6 Å². The lowest BCUT2D eigenvalue weighted by atomic mass is 10.1. The molecule has 4 unspecified atom stereocenters. The second-order valence-corrected chi connectivity index (χ2v) is 10.5. The molecular weight excluding hydrogens is 508 g/mol. The number of ether oxygens (including phenoxy) is 2. The van der Waals surface area contributed by atoms with Gasteiger partial charge in [-0.25, -0.2) is 9.18 Å². The Morgan fingerprint density at radius 3 is 2.76 bits per heavy atom.